The smallest absolute Gasteiger partial charge is 0.267 e. The van der Waals surface area contributed by atoms with Gasteiger partial charge in [-0.25, -0.2) is 19.4 Å². The fraction of sp³-hybridized carbons (Fsp3) is 0.368. The van der Waals surface area contributed by atoms with Gasteiger partial charge in [-0.3, -0.25) is 14.6 Å². The molecule has 0 aromatic carbocycles. The lowest BCUT2D eigenvalue weighted by molar-refractivity contribution is -0.138. The predicted molar refractivity (Wildman–Crippen MR) is 102 cm³/mol. The molecule has 2 aliphatic rings. The number of pyridine rings is 1. The zero-order chi connectivity index (χ0) is 20.4. The molecule has 1 fully saturated rings. The molecule has 2 N–H and O–H groups in total. The Morgan fingerprint density at radius 1 is 1.21 bits per heavy atom. The lowest BCUT2D eigenvalue weighted by atomic mass is 9.94. The highest BCUT2D eigenvalue weighted by atomic mass is 19.1. The molecule has 0 aliphatic carbocycles. The summed E-state index contributed by atoms with van der Waals surface area (Å²) in [5.41, 5.74) is 6.06. The Labute approximate surface area is 166 Å². The van der Waals surface area contributed by atoms with Crippen LogP contribution in [0.1, 0.15) is 41.4 Å². The third-order valence-corrected chi connectivity index (χ3v) is 5.19. The van der Waals surface area contributed by atoms with Crippen molar-refractivity contribution in [2.75, 3.05) is 18.0 Å². The standard InChI is InChI=1S/C19H20FN7O2/c20-14-9-13(10-22-11-14)16-2-6-24-27(16)18(29)12-3-7-26(8-4-12)19-23-5-1-15(25-19)17(21)28/h1,5-6,9-12,16H,2-4,7-8H2,(H2,21,28)/t16-/m0/s1. The summed E-state index contributed by atoms with van der Waals surface area (Å²) in [6.07, 6.45) is 7.60. The van der Waals surface area contributed by atoms with Crippen LogP contribution in [0.4, 0.5) is 10.3 Å². The Morgan fingerprint density at radius 2 is 2.00 bits per heavy atom. The molecule has 10 heteroatoms. The lowest BCUT2D eigenvalue weighted by Gasteiger charge is -2.33. The Hall–Kier alpha value is -3.43. The van der Waals surface area contributed by atoms with E-state index in [2.05, 4.69) is 20.1 Å². The molecular weight excluding hydrogens is 377 g/mol. The van der Waals surface area contributed by atoms with Crippen LogP contribution in [0, 0.1) is 11.7 Å². The van der Waals surface area contributed by atoms with Crippen molar-refractivity contribution in [1.82, 2.24) is 20.0 Å². The fourth-order valence-corrected chi connectivity index (χ4v) is 3.67. The van der Waals surface area contributed by atoms with Crippen LogP contribution in [-0.2, 0) is 4.79 Å². The van der Waals surface area contributed by atoms with Crippen LogP contribution >= 0.6 is 0 Å². The molecule has 0 unspecified atom stereocenters. The molecule has 0 bridgehead atoms. The molecule has 0 radical (unpaired) electrons. The highest BCUT2D eigenvalue weighted by Gasteiger charge is 2.35. The second-order valence-electron chi connectivity index (χ2n) is 7.04. The molecular formula is C19H20FN7O2. The summed E-state index contributed by atoms with van der Waals surface area (Å²) in [6, 6.07) is 2.52. The molecule has 29 heavy (non-hydrogen) atoms. The summed E-state index contributed by atoms with van der Waals surface area (Å²) in [4.78, 5) is 38.5. The van der Waals surface area contributed by atoms with Crippen molar-refractivity contribution < 1.29 is 14.0 Å². The minimum absolute atomic E-state index is 0.0838. The van der Waals surface area contributed by atoms with Gasteiger partial charge in [-0.2, -0.15) is 5.10 Å². The van der Waals surface area contributed by atoms with Crippen molar-refractivity contribution in [3.05, 3.63) is 47.8 Å². The van der Waals surface area contributed by atoms with Gasteiger partial charge in [-0.1, -0.05) is 0 Å². The molecule has 0 saturated carbocycles. The van der Waals surface area contributed by atoms with Gasteiger partial charge in [-0.15, -0.1) is 0 Å². The SMILES string of the molecule is NC(=O)c1ccnc(N2CCC(C(=O)N3N=CC[C@H]3c3cncc(F)c3)CC2)n1. The van der Waals surface area contributed by atoms with Gasteiger partial charge in [0.25, 0.3) is 5.91 Å². The first-order chi connectivity index (χ1) is 14.0. The number of anilines is 1. The summed E-state index contributed by atoms with van der Waals surface area (Å²) in [6.45, 7) is 1.14. The number of nitrogens with two attached hydrogens (primary N) is 1. The van der Waals surface area contributed by atoms with Crippen molar-refractivity contribution >= 4 is 24.0 Å². The number of hydrogen-bond donors (Lipinski definition) is 1. The topological polar surface area (TPSA) is 118 Å². The van der Waals surface area contributed by atoms with Gasteiger partial charge >= 0.3 is 0 Å². The summed E-state index contributed by atoms with van der Waals surface area (Å²) >= 11 is 0. The minimum Gasteiger partial charge on any atom is -0.364 e. The van der Waals surface area contributed by atoms with Crippen molar-refractivity contribution in [3.8, 4) is 0 Å². The van der Waals surface area contributed by atoms with Crippen molar-refractivity contribution in [3.63, 3.8) is 0 Å². The molecule has 2 aliphatic heterocycles. The number of primary amides is 1. The molecule has 1 atom stereocenters. The zero-order valence-corrected chi connectivity index (χ0v) is 15.6. The van der Waals surface area contributed by atoms with E-state index in [0.29, 0.717) is 43.9 Å². The van der Waals surface area contributed by atoms with E-state index < -0.39 is 11.7 Å². The first kappa shape index (κ1) is 18.9. The molecule has 150 valence electrons. The molecule has 2 amide bonds. The molecule has 4 rings (SSSR count). The van der Waals surface area contributed by atoms with Gasteiger partial charge < -0.3 is 10.6 Å². The van der Waals surface area contributed by atoms with E-state index in [1.807, 2.05) is 4.90 Å². The molecule has 0 spiro atoms. The first-order valence-electron chi connectivity index (χ1n) is 9.36. The molecule has 4 heterocycles. The minimum atomic E-state index is -0.608. The summed E-state index contributed by atoms with van der Waals surface area (Å²) in [7, 11) is 0. The average molecular weight is 397 g/mol. The normalized spacial score (nSPS) is 19.6. The van der Waals surface area contributed by atoms with Crippen LogP contribution in [0.5, 0.6) is 0 Å². The Bertz CT molecular complexity index is 959. The summed E-state index contributed by atoms with van der Waals surface area (Å²) < 4.78 is 13.5. The average Bonchev–Trinajstić information content (AvgIpc) is 3.23. The number of carbonyl (C=O) groups is 2. The van der Waals surface area contributed by atoms with Gasteiger partial charge in [0.1, 0.15) is 11.5 Å². The maximum atomic E-state index is 13.5. The van der Waals surface area contributed by atoms with E-state index in [0.717, 1.165) is 6.20 Å². The summed E-state index contributed by atoms with van der Waals surface area (Å²) in [5.74, 6) is -0.906. The van der Waals surface area contributed by atoms with Crippen LogP contribution in [0.15, 0.2) is 35.8 Å². The second kappa shape index (κ2) is 7.90. The number of rotatable bonds is 4. The van der Waals surface area contributed by atoms with Crippen LogP contribution in [0.3, 0.4) is 0 Å². The zero-order valence-electron chi connectivity index (χ0n) is 15.6. The van der Waals surface area contributed by atoms with Crippen molar-refractivity contribution in [2.24, 2.45) is 16.8 Å². The molecule has 2 aromatic rings. The number of hydrogen-bond acceptors (Lipinski definition) is 7. The largest absolute Gasteiger partial charge is 0.364 e. The number of halogens is 1. The number of aromatic nitrogens is 3. The first-order valence-corrected chi connectivity index (χ1v) is 9.36. The third kappa shape index (κ3) is 3.91. The Kier molecular flexibility index (Phi) is 5.15. The number of amides is 2. The van der Waals surface area contributed by atoms with E-state index >= 15 is 0 Å². The highest BCUT2D eigenvalue weighted by Crippen LogP contribution is 2.32. The maximum Gasteiger partial charge on any atom is 0.267 e. The van der Waals surface area contributed by atoms with Crippen LogP contribution in [0.2, 0.25) is 0 Å². The fourth-order valence-electron chi connectivity index (χ4n) is 3.67. The van der Waals surface area contributed by atoms with E-state index in [-0.39, 0.29) is 23.6 Å². The van der Waals surface area contributed by atoms with Crippen LogP contribution < -0.4 is 10.6 Å². The van der Waals surface area contributed by atoms with E-state index in [1.54, 1.807) is 12.4 Å². The number of hydrazone groups is 1. The number of carbonyl (C=O) groups excluding carboxylic acids is 2. The second-order valence-corrected chi connectivity index (χ2v) is 7.04. The third-order valence-electron chi connectivity index (χ3n) is 5.19. The summed E-state index contributed by atoms with van der Waals surface area (Å²) in [5, 5.41) is 5.67. The highest BCUT2D eigenvalue weighted by molar-refractivity contribution is 5.90. The van der Waals surface area contributed by atoms with Gasteiger partial charge in [0, 0.05) is 44.0 Å². The quantitative estimate of drug-likeness (QED) is 0.831. The van der Waals surface area contributed by atoms with Crippen LogP contribution in [0.25, 0.3) is 0 Å². The van der Waals surface area contributed by atoms with Crippen LogP contribution in [-0.4, -0.2) is 51.1 Å². The van der Waals surface area contributed by atoms with E-state index in [4.69, 9.17) is 5.73 Å². The van der Waals surface area contributed by atoms with E-state index in [1.165, 1.54) is 23.3 Å². The number of nitrogens with zero attached hydrogens (tertiary/aromatic N) is 6. The maximum absolute atomic E-state index is 13.5. The van der Waals surface area contributed by atoms with E-state index in [9.17, 15) is 14.0 Å². The van der Waals surface area contributed by atoms with Gasteiger partial charge in [-0.05, 0) is 30.5 Å². The molecule has 1 saturated heterocycles. The van der Waals surface area contributed by atoms with Crippen molar-refractivity contribution in [1.29, 1.82) is 0 Å². The Balaban J connectivity index is 1.42. The molecule has 9 nitrogen and oxygen atoms in total. The Morgan fingerprint density at radius 3 is 2.72 bits per heavy atom. The predicted octanol–water partition coefficient (Wildman–Crippen LogP) is 1.29. The van der Waals surface area contributed by atoms with Gasteiger partial charge in [0.2, 0.25) is 11.9 Å². The molecule has 2 aromatic heterocycles. The van der Waals surface area contributed by atoms with Gasteiger partial charge in [0.05, 0.1) is 12.2 Å². The number of piperidine rings is 1. The monoisotopic (exact) mass is 397 g/mol. The lowest BCUT2D eigenvalue weighted by Crippen LogP contribution is -2.41. The van der Waals surface area contributed by atoms with Crippen molar-refractivity contribution in [2.45, 2.75) is 25.3 Å². The van der Waals surface area contributed by atoms with Gasteiger partial charge in [0.15, 0.2) is 0 Å².